The molecule has 2 heteroatoms. The van der Waals surface area contributed by atoms with Crippen LogP contribution < -0.4 is 4.74 Å². The highest BCUT2D eigenvalue weighted by Crippen LogP contribution is 2.23. The molecule has 1 radical (unpaired) electrons. The van der Waals surface area contributed by atoms with Crippen molar-refractivity contribution in [3.8, 4) is 5.88 Å². The van der Waals surface area contributed by atoms with Crippen molar-refractivity contribution >= 4 is 0 Å². The van der Waals surface area contributed by atoms with Crippen LogP contribution in [-0.2, 0) is 0 Å². The highest BCUT2D eigenvalue weighted by Gasteiger charge is 2.08. The van der Waals surface area contributed by atoms with E-state index in [-0.39, 0.29) is 0 Å². The third kappa shape index (κ3) is 2.22. The van der Waals surface area contributed by atoms with E-state index in [0.29, 0.717) is 11.8 Å². The van der Waals surface area contributed by atoms with Gasteiger partial charge in [-0.25, -0.2) is 4.98 Å². The summed E-state index contributed by atoms with van der Waals surface area (Å²) in [5.41, 5.74) is 2.35. The number of ether oxygens (including phenoxy) is 1. The fourth-order valence-electron chi connectivity index (χ4n) is 1.62. The molecule has 0 saturated heterocycles. The van der Waals surface area contributed by atoms with E-state index in [4.69, 9.17) is 4.74 Å². The second-order valence-electron chi connectivity index (χ2n) is 3.67. The highest BCUT2D eigenvalue weighted by atomic mass is 16.5. The van der Waals surface area contributed by atoms with Crippen molar-refractivity contribution in [1.29, 1.82) is 0 Å². The Morgan fingerprint density at radius 3 is 2.69 bits per heavy atom. The monoisotopic (exact) mass is 212 g/mol. The minimum absolute atomic E-state index is 0.305. The number of hydrogen-bond donors (Lipinski definition) is 0. The zero-order chi connectivity index (χ0) is 11.4. The molecular weight excluding hydrogens is 198 g/mol. The molecule has 1 aromatic carbocycles. The highest BCUT2D eigenvalue weighted by molar-refractivity contribution is 5.30. The smallest absolute Gasteiger partial charge is 0.212 e. The Hall–Kier alpha value is -1.83. The quantitative estimate of drug-likeness (QED) is 0.780. The van der Waals surface area contributed by atoms with E-state index in [0.717, 1.165) is 0 Å². The van der Waals surface area contributed by atoms with Crippen LogP contribution >= 0.6 is 0 Å². The Bertz CT molecular complexity index is 436. The number of nitrogens with zero attached hydrogens (tertiary/aromatic N) is 1. The van der Waals surface area contributed by atoms with Gasteiger partial charge in [-0.2, -0.15) is 0 Å². The van der Waals surface area contributed by atoms with Crippen molar-refractivity contribution in [2.45, 2.75) is 12.8 Å². The third-order valence-electron chi connectivity index (χ3n) is 2.67. The maximum atomic E-state index is 5.04. The van der Waals surface area contributed by atoms with Crippen LogP contribution in [0.1, 0.15) is 24.0 Å². The summed E-state index contributed by atoms with van der Waals surface area (Å²) in [4.78, 5) is 4.21. The Balaban J connectivity index is 2.24. The van der Waals surface area contributed by atoms with E-state index in [1.165, 1.54) is 11.1 Å². The predicted molar refractivity (Wildman–Crippen MR) is 63.6 cm³/mol. The van der Waals surface area contributed by atoms with Crippen molar-refractivity contribution in [2.24, 2.45) is 0 Å². The summed E-state index contributed by atoms with van der Waals surface area (Å²) in [5.74, 6) is 0.951. The minimum atomic E-state index is 0.305. The summed E-state index contributed by atoms with van der Waals surface area (Å²) in [6, 6.07) is 15.2. The maximum Gasteiger partial charge on any atom is 0.212 e. The molecule has 1 aromatic heterocycles. The van der Waals surface area contributed by atoms with Crippen LogP contribution in [0.2, 0.25) is 0 Å². The summed E-state index contributed by atoms with van der Waals surface area (Å²) in [6.45, 7) is 2.15. The van der Waals surface area contributed by atoms with E-state index >= 15 is 0 Å². The van der Waals surface area contributed by atoms with Gasteiger partial charge in [0.1, 0.15) is 0 Å². The zero-order valence-electron chi connectivity index (χ0n) is 9.47. The summed E-state index contributed by atoms with van der Waals surface area (Å²) >= 11 is 0. The number of pyridine rings is 1. The van der Waals surface area contributed by atoms with E-state index in [2.05, 4.69) is 24.0 Å². The van der Waals surface area contributed by atoms with Gasteiger partial charge in [-0.3, -0.25) is 0 Å². The first kappa shape index (κ1) is 10.7. The summed E-state index contributed by atoms with van der Waals surface area (Å²) in [5, 5.41) is 0. The van der Waals surface area contributed by atoms with Crippen LogP contribution in [0.5, 0.6) is 5.88 Å². The second kappa shape index (κ2) is 4.79. The zero-order valence-corrected chi connectivity index (χ0v) is 9.47. The third-order valence-corrected chi connectivity index (χ3v) is 2.67. The lowest BCUT2D eigenvalue weighted by molar-refractivity contribution is 0.397. The molecule has 1 heterocycles. The lowest BCUT2D eigenvalue weighted by Crippen LogP contribution is -1.97. The van der Waals surface area contributed by atoms with Gasteiger partial charge in [0, 0.05) is 18.2 Å². The number of methoxy groups -OCH3 is 1. The maximum absolute atomic E-state index is 5.04. The molecule has 16 heavy (non-hydrogen) atoms. The fourth-order valence-corrected chi connectivity index (χ4v) is 1.62. The van der Waals surface area contributed by atoms with E-state index < -0.39 is 0 Å². The van der Waals surface area contributed by atoms with E-state index in [1.54, 1.807) is 7.11 Å². The SMILES string of the molecule is COc1ccc(C(C)c2[c]cccc2)cn1. The molecule has 0 spiro atoms. The van der Waals surface area contributed by atoms with E-state index in [9.17, 15) is 0 Å². The van der Waals surface area contributed by atoms with Gasteiger partial charge in [-0.05, 0) is 17.2 Å². The first-order valence-corrected chi connectivity index (χ1v) is 5.28. The largest absolute Gasteiger partial charge is 0.481 e. The molecule has 2 rings (SSSR count). The number of benzene rings is 1. The topological polar surface area (TPSA) is 22.1 Å². The molecule has 0 aliphatic rings. The average molecular weight is 212 g/mol. The standard InChI is InChI=1S/C14H14NO/c1-11(12-6-4-3-5-7-12)13-8-9-14(16-2)15-10-13/h3-6,8-11H,1-2H3. The lowest BCUT2D eigenvalue weighted by Gasteiger charge is -2.11. The van der Waals surface area contributed by atoms with Gasteiger partial charge in [0.25, 0.3) is 0 Å². The molecule has 0 aliphatic carbocycles. The van der Waals surface area contributed by atoms with Crippen molar-refractivity contribution < 1.29 is 4.74 Å². The van der Waals surface area contributed by atoms with Crippen LogP contribution in [0.3, 0.4) is 0 Å². The van der Waals surface area contributed by atoms with Gasteiger partial charge >= 0.3 is 0 Å². The van der Waals surface area contributed by atoms with Gasteiger partial charge in [-0.15, -0.1) is 0 Å². The fraction of sp³-hybridized carbons (Fsp3) is 0.214. The molecule has 2 aromatic rings. The van der Waals surface area contributed by atoms with Crippen molar-refractivity contribution in [2.75, 3.05) is 7.11 Å². The first-order chi connectivity index (χ1) is 7.81. The Morgan fingerprint density at radius 2 is 2.12 bits per heavy atom. The Morgan fingerprint density at radius 1 is 1.25 bits per heavy atom. The molecule has 1 unspecified atom stereocenters. The molecule has 0 amide bonds. The van der Waals surface area contributed by atoms with Gasteiger partial charge < -0.3 is 4.74 Å². The van der Waals surface area contributed by atoms with Crippen LogP contribution in [0.4, 0.5) is 0 Å². The van der Waals surface area contributed by atoms with Crippen LogP contribution in [0, 0.1) is 6.07 Å². The average Bonchev–Trinajstić information content (AvgIpc) is 2.39. The molecule has 81 valence electrons. The van der Waals surface area contributed by atoms with Crippen LogP contribution in [0.15, 0.2) is 42.6 Å². The van der Waals surface area contributed by atoms with Gasteiger partial charge in [0.15, 0.2) is 0 Å². The van der Waals surface area contributed by atoms with Crippen LogP contribution in [0.25, 0.3) is 0 Å². The second-order valence-corrected chi connectivity index (χ2v) is 3.67. The van der Waals surface area contributed by atoms with Crippen LogP contribution in [-0.4, -0.2) is 12.1 Å². The Labute approximate surface area is 95.9 Å². The first-order valence-electron chi connectivity index (χ1n) is 5.28. The number of aromatic nitrogens is 1. The van der Waals surface area contributed by atoms with Crippen molar-refractivity contribution in [1.82, 2.24) is 4.98 Å². The number of rotatable bonds is 3. The van der Waals surface area contributed by atoms with Crippen molar-refractivity contribution in [3.05, 3.63) is 59.8 Å². The van der Waals surface area contributed by atoms with Gasteiger partial charge in [0.2, 0.25) is 5.88 Å². The molecule has 0 N–H and O–H groups in total. The molecular formula is C14H14NO. The molecule has 0 saturated carbocycles. The molecule has 0 bridgehead atoms. The summed E-state index contributed by atoms with van der Waals surface area (Å²) in [7, 11) is 1.62. The normalized spacial score (nSPS) is 12.1. The molecule has 1 atom stereocenters. The molecule has 0 aliphatic heterocycles. The summed E-state index contributed by atoms with van der Waals surface area (Å²) < 4.78 is 5.04. The van der Waals surface area contributed by atoms with Gasteiger partial charge in [-0.1, -0.05) is 37.3 Å². The lowest BCUT2D eigenvalue weighted by atomic mass is 9.95. The van der Waals surface area contributed by atoms with E-state index in [1.807, 2.05) is 36.5 Å². The number of hydrogen-bond acceptors (Lipinski definition) is 2. The summed E-state index contributed by atoms with van der Waals surface area (Å²) in [6.07, 6.45) is 1.85. The van der Waals surface area contributed by atoms with Crippen molar-refractivity contribution in [3.63, 3.8) is 0 Å². The minimum Gasteiger partial charge on any atom is -0.481 e. The van der Waals surface area contributed by atoms with Gasteiger partial charge in [0.05, 0.1) is 7.11 Å². The molecule has 0 fully saturated rings. The molecule has 2 nitrogen and oxygen atoms in total. The Kier molecular flexibility index (Phi) is 3.20. The predicted octanol–water partition coefficient (Wildman–Crippen LogP) is 3.04.